The van der Waals surface area contributed by atoms with Gasteiger partial charge in [-0.3, -0.25) is 4.79 Å². The number of methoxy groups -OCH3 is 1. The van der Waals surface area contributed by atoms with Gasteiger partial charge >= 0.3 is 0 Å². The van der Waals surface area contributed by atoms with E-state index < -0.39 is 0 Å². The molecule has 2 aromatic heterocycles. The number of amides is 1. The Hall–Kier alpha value is -1.66. The van der Waals surface area contributed by atoms with Crippen molar-refractivity contribution in [1.82, 2.24) is 9.97 Å². The largest absolute Gasteiger partial charge is 0.496 e. The van der Waals surface area contributed by atoms with Crippen LogP contribution in [0.2, 0.25) is 5.15 Å². The number of hydrogen-bond acceptors (Lipinski definition) is 5. The molecule has 0 saturated heterocycles. The second-order valence-electron chi connectivity index (χ2n) is 3.00. The summed E-state index contributed by atoms with van der Waals surface area (Å²) < 4.78 is 5.00. The van der Waals surface area contributed by atoms with E-state index in [1.165, 1.54) is 23.7 Å². The molecule has 0 radical (unpaired) electrons. The SMILES string of the molecule is COc1csc(C(=O)Nc2nccnc2Cl)c1. The van der Waals surface area contributed by atoms with Crippen LogP contribution in [0.15, 0.2) is 23.8 Å². The molecule has 0 bridgehead atoms. The molecule has 0 aliphatic rings. The average molecular weight is 270 g/mol. The fourth-order valence-electron chi connectivity index (χ4n) is 1.12. The monoisotopic (exact) mass is 269 g/mol. The number of thiophene rings is 1. The maximum absolute atomic E-state index is 11.8. The molecule has 0 atom stereocenters. The van der Waals surface area contributed by atoms with Crippen molar-refractivity contribution in [2.24, 2.45) is 0 Å². The molecule has 5 nitrogen and oxygen atoms in total. The zero-order chi connectivity index (χ0) is 12.3. The van der Waals surface area contributed by atoms with E-state index in [1.54, 1.807) is 18.6 Å². The third kappa shape index (κ3) is 2.72. The summed E-state index contributed by atoms with van der Waals surface area (Å²) in [5, 5.41) is 4.47. The van der Waals surface area contributed by atoms with E-state index >= 15 is 0 Å². The second kappa shape index (κ2) is 5.11. The van der Waals surface area contributed by atoms with Crippen LogP contribution in [0.25, 0.3) is 0 Å². The Bertz CT molecular complexity index is 544. The molecule has 0 unspecified atom stereocenters. The Morgan fingerprint density at radius 1 is 1.47 bits per heavy atom. The van der Waals surface area contributed by atoms with Crippen LogP contribution in [0.1, 0.15) is 9.67 Å². The van der Waals surface area contributed by atoms with Gasteiger partial charge in [-0.1, -0.05) is 11.6 Å². The zero-order valence-corrected chi connectivity index (χ0v) is 10.4. The van der Waals surface area contributed by atoms with Gasteiger partial charge in [-0.15, -0.1) is 11.3 Å². The van der Waals surface area contributed by atoms with E-state index in [9.17, 15) is 4.79 Å². The zero-order valence-electron chi connectivity index (χ0n) is 8.81. The quantitative estimate of drug-likeness (QED) is 0.930. The number of nitrogens with zero attached hydrogens (tertiary/aromatic N) is 2. The number of carbonyl (C=O) groups is 1. The Labute approximate surface area is 106 Å². The van der Waals surface area contributed by atoms with Crippen molar-refractivity contribution in [3.8, 4) is 5.75 Å². The van der Waals surface area contributed by atoms with Gasteiger partial charge in [-0.2, -0.15) is 0 Å². The highest BCUT2D eigenvalue weighted by Crippen LogP contribution is 2.23. The van der Waals surface area contributed by atoms with Crippen LogP contribution in [0, 0.1) is 0 Å². The van der Waals surface area contributed by atoms with Gasteiger partial charge in [0.25, 0.3) is 5.91 Å². The van der Waals surface area contributed by atoms with Gasteiger partial charge in [0.05, 0.1) is 12.0 Å². The second-order valence-corrected chi connectivity index (χ2v) is 4.27. The molecular formula is C10H8ClN3O2S. The maximum atomic E-state index is 11.8. The molecule has 1 N–H and O–H groups in total. The molecular weight excluding hydrogens is 262 g/mol. The number of halogens is 1. The molecule has 0 fully saturated rings. The van der Waals surface area contributed by atoms with Crippen molar-refractivity contribution in [3.63, 3.8) is 0 Å². The summed E-state index contributed by atoms with van der Waals surface area (Å²) >= 11 is 7.06. The van der Waals surface area contributed by atoms with Crippen molar-refractivity contribution in [1.29, 1.82) is 0 Å². The lowest BCUT2D eigenvalue weighted by atomic mass is 10.4. The Kier molecular flexibility index (Phi) is 3.55. The Morgan fingerprint density at radius 2 is 2.24 bits per heavy atom. The first-order chi connectivity index (χ1) is 8.20. The minimum atomic E-state index is -0.291. The first-order valence-electron chi connectivity index (χ1n) is 4.61. The number of anilines is 1. The minimum absolute atomic E-state index is 0.157. The van der Waals surface area contributed by atoms with Crippen LogP contribution in [0.3, 0.4) is 0 Å². The van der Waals surface area contributed by atoms with Crippen molar-refractivity contribution in [2.75, 3.05) is 12.4 Å². The fraction of sp³-hybridized carbons (Fsp3) is 0.100. The van der Waals surface area contributed by atoms with Gasteiger partial charge in [0, 0.05) is 23.8 Å². The lowest BCUT2D eigenvalue weighted by Crippen LogP contribution is -2.12. The van der Waals surface area contributed by atoms with Gasteiger partial charge in [0.15, 0.2) is 11.0 Å². The molecule has 0 aliphatic carbocycles. The Balaban J connectivity index is 2.14. The van der Waals surface area contributed by atoms with Crippen LogP contribution < -0.4 is 10.1 Å². The molecule has 0 spiro atoms. The highest BCUT2D eigenvalue weighted by molar-refractivity contribution is 7.12. The number of rotatable bonds is 3. The number of aromatic nitrogens is 2. The lowest BCUT2D eigenvalue weighted by Gasteiger charge is -2.02. The van der Waals surface area contributed by atoms with Crippen LogP contribution in [0.5, 0.6) is 5.75 Å². The predicted molar refractivity (Wildman–Crippen MR) is 65.9 cm³/mol. The summed E-state index contributed by atoms with van der Waals surface area (Å²) in [4.78, 5) is 20.1. The maximum Gasteiger partial charge on any atom is 0.267 e. The van der Waals surface area contributed by atoms with E-state index in [-0.39, 0.29) is 16.9 Å². The average Bonchev–Trinajstić information content (AvgIpc) is 2.81. The van der Waals surface area contributed by atoms with Crippen LogP contribution in [0.4, 0.5) is 5.82 Å². The van der Waals surface area contributed by atoms with Gasteiger partial charge in [-0.05, 0) is 0 Å². The van der Waals surface area contributed by atoms with Crippen molar-refractivity contribution in [3.05, 3.63) is 33.9 Å². The predicted octanol–water partition coefficient (Wildman–Crippen LogP) is 2.45. The minimum Gasteiger partial charge on any atom is -0.496 e. The first-order valence-corrected chi connectivity index (χ1v) is 5.87. The summed E-state index contributed by atoms with van der Waals surface area (Å²) in [6.45, 7) is 0. The molecule has 2 aromatic rings. The van der Waals surface area contributed by atoms with Crippen LogP contribution in [-0.2, 0) is 0 Å². The highest BCUT2D eigenvalue weighted by atomic mass is 35.5. The Morgan fingerprint density at radius 3 is 2.88 bits per heavy atom. The number of carbonyl (C=O) groups excluding carboxylic acids is 1. The molecule has 2 heterocycles. The molecule has 1 amide bonds. The van der Waals surface area contributed by atoms with Crippen molar-refractivity contribution >= 4 is 34.7 Å². The fourth-order valence-corrected chi connectivity index (χ4v) is 2.02. The standard InChI is InChI=1S/C10H8ClN3O2S/c1-16-6-4-7(17-5-6)10(15)14-9-8(11)12-2-3-13-9/h2-5H,1H3,(H,13,14,15). The normalized spacial score (nSPS) is 10.0. The molecule has 0 aromatic carbocycles. The number of nitrogens with one attached hydrogen (secondary N) is 1. The topological polar surface area (TPSA) is 64.1 Å². The third-order valence-electron chi connectivity index (χ3n) is 1.92. The molecule has 17 heavy (non-hydrogen) atoms. The van der Waals surface area contributed by atoms with Gasteiger partial charge in [0.2, 0.25) is 0 Å². The number of ether oxygens (including phenoxy) is 1. The summed E-state index contributed by atoms with van der Waals surface area (Å²) in [5.74, 6) is 0.595. The van der Waals surface area contributed by atoms with Crippen molar-refractivity contribution < 1.29 is 9.53 Å². The van der Waals surface area contributed by atoms with E-state index in [0.717, 1.165) is 0 Å². The summed E-state index contributed by atoms with van der Waals surface area (Å²) in [6.07, 6.45) is 2.91. The summed E-state index contributed by atoms with van der Waals surface area (Å²) in [5.41, 5.74) is 0. The van der Waals surface area contributed by atoms with Crippen LogP contribution in [-0.4, -0.2) is 23.0 Å². The van der Waals surface area contributed by atoms with Gasteiger partial charge in [0.1, 0.15) is 5.75 Å². The van der Waals surface area contributed by atoms with Crippen LogP contribution >= 0.6 is 22.9 Å². The lowest BCUT2D eigenvalue weighted by molar-refractivity contribution is 0.103. The summed E-state index contributed by atoms with van der Waals surface area (Å²) in [7, 11) is 1.54. The highest BCUT2D eigenvalue weighted by Gasteiger charge is 2.12. The third-order valence-corrected chi connectivity index (χ3v) is 3.10. The van der Waals surface area contributed by atoms with E-state index in [4.69, 9.17) is 16.3 Å². The van der Waals surface area contributed by atoms with Crippen molar-refractivity contribution in [2.45, 2.75) is 0 Å². The molecule has 0 aliphatic heterocycles. The summed E-state index contributed by atoms with van der Waals surface area (Å²) in [6, 6.07) is 1.64. The molecule has 88 valence electrons. The van der Waals surface area contributed by atoms with Gasteiger partial charge in [-0.25, -0.2) is 9.97 Å². The smallest absolute Gasteiger partial charge is 0.267 e. The van der Waals surface area contributed by atoms with E-state index in [1.807, 2.05) is 0 Å². The molecule has 0 saturated carbocycles. The number of hydrogen-bond donors (Lipinski definition) is 1. The van der Waals surface area contributed by atoms with E-state index in [0.29, 0.717) is 10.6 Å². The van der Waals surface area contributed by atoms with E-state index in [2.05, 4.69) is 15.3 Å². The molecule has 7 heteroatoms. The first kappa shape index (κ1) is 11.8. The van der Waals surface area contributed by atoms with Gasteiger partial charge < -0.3 is 10.1 Å². The molecule has 2 rings (SSSR count).